The predicted molar refractivity (Wildman–Crippen MR) is 51.1 cm³/mol. The van der Waals surface area contributed by atoms with Crippen molar-refractivity contribution < 1.29 is 5.11 Å². The average molecular weight is 224 g/mol. The van der Waals surface area contributed by atoms with Crippen LogP contribution < -0.4 is 0 Å². The highest BCUT2D eigenvalue weighted by Crippen LogP contribution is 2.24. The van der Waals surface area contributed by atoms with E-state index in [0.29, 0.717) is 4.60 Å². The van der Waals surface area contributed by atoms with Gasteiger partial charge in [0.2, 0.25) is 5.88 Å². The summed E-state index contributed by atoms with van der Waals surface area (Å²) in [5.41, 5.74) is 0. The lowest BCUT2D eigenvalue weighted by atomic mass is 10.2. The summed E-state index contributed by atoms with van der Waals surface area (Å²) >= 11 is 3.28. The fraction of sp³-hybridized carbons (Fsp3) is 0. The maximum Gasteiger partial charge on any atom is 0.212 e. The van der Waals surface area contributed by atoms with Crippen LogP contribution in [0.1, 0.15) is 0 Å². The first-order valence-corrected chi connectivity index (χ1v) is 4.31. The number of aromatic hydroxyl groups is 1. The van der Waals surface area contributed by atoms with Crippen LogP contribution >= 0.6 is 15.9 Å². The maximum absolute atomic E-state index is 9.17. The minimum Gasteiger partial charge on any atom is -0.493 e. The lowest BCUT2D eigenvalue weighted by Crippen LogP contribution is -1.79. The molecule has 0 aliphatic heterocycles. The van der Waals surface area contributed by atoms with Crippen LogP contribution in [0.5, 0.6) is 5.88 Å². The van der Waals surface area contributed by atoms with Crippen LogP contribution in [-0.2, 0) is 0 Å². The smallest absolute Gasteiger partial charge is 0.212 e. The summed E-state index contributed by atoms with van der Waals surface area (Å²) in [6, 6.07) is 9.38. The van der Waals surface area contributed by atoms with Crippen molar-refractivity contribution in [3.63, 3.8) is 0 Å². The molecule has 1 aromatic heterocycles. The van der Waals surface area contributed by atoms with E-state index in [0.717, 1.165) is 10.8 Å². The Balaban J connectivity index is 2.89. The zero-order valence-electron chi connectivity index (χ0n) is 6.16. The van der Waals surface area contributed by atoms with Crippen LogP contribution in [0.2, 0.25) is 0 Å². The van der Waals surface area contributed by atoms with E-state index in [9.17, 15) is 0 Å². The van der Waals surface area contributed by atoms with Gasteiger partial charge >= 0.3 is 0 Å². The Morgan fingerprint density at radius 3 is 2.83 bits per heavy atom. The molecule has 0 aliphatic rings. The summed E-state index contributed by atoms with van der Waals surface area (Å²) in [5.74, 6) is 0.0422. The van der Waals surface area contributed by atoms with Crippen molar-refractivity contribution in [1.82, 2.24) is 4.98 Å². The standard InChI is InChI=1S/C9H6BrNO/c10-9-7-4-2-1-3-6(7)5-8(12)11-9/h1-5H,(H,11,12). The topological polar surface area (TPSA) is 33.1 Å². The third kappa shape index (κ3) is 1.16. The van der Waals surface area contributed by atoms with Gasteiger partial charge in [0.25, 0.3) is 0 Å². The Bertz CT molecular complexity index is 428. The fourth-order valence-electron chi connectivity index (χ4n) is 1.14. The van der Waals surface area contributed by atoms with Crippen LogP contribution in [0.15, 0.2) is 34.9 Å². The van der Waals surface area contributed by atoms with E-state index in [2.05, 4.69) is 20.9 Å². The van der Waals surface area contributed by atoms with Crippen molar-refractivity contribution >= 4 is 26.7 Å². The summed E-state index contributed by atoms with van der Waals surface area (Å²) in [6.45, 7) is 0. The first kappa shape index (κ1) is 7.55. The minimum atomic E-state index is 0.0422. The second kappa shape index (κ2) is 2.75. The zero-order valence-corrected chi connectivity index (χ0v) is 7.75. The highest BCUT2D eigenvalue weighted by Gasteiger charge is 2.00. The zero-order chi connectivity index (χ0) is 8.55. The highest BCUT2D eigenvalue weighted by atomic mass is 79.9. The van der Waals surface area contributed by atoms with Crippen molar-refractivity contribution in [2.24, 2.45) is 0 Å². The molecule has 2 nitrogen and oxygen atoms in total. The minimum absolute atomic E-state index is 0.0422. The molecular weight excluding hydrogens is 218 g/mol. The monoisotopic (exact) mass is 223 g/mol. The van der Waals surface area contributed by atoms with Crippen LogP contribution in [0, 0.1) is 0 Å². The van der Waals surface area contributed by atoms with Gasteiger partial charge in [-0.1, -0.05) is 24.3 Å². The summed E-state index contributed by atoms with van der Waals surface area (Å²) in [4.78, 5) is 3.87. The molecule has 0 aliphatic carbocycles. The average Bonchev–Trinajstić information content (AvgIpc) is 2.04. The van der Waals surface area contributed by atoms with E-state index in [1.165, 1.54) is 0 Å². The first-order valence-electron chi connectivity index (χ1n) is 3.51. The van der Waals surface area contributed by atoms with Gasteiger partial charge in [-0.05, 0) is 21.3 Å². The molecule has 0 radical (unpaired) electrons. The summed E-state index contributed by atoms with van der Waals surface area (Å²) in [5, 5.41) is 11.2. The van der Waals surface area contributed by atoms with Crippen LogP contribution in [0.4, 0.5) is 0 Å². The van der Waals surface area contributed by atoms with Crippen molar-refractivity contribution in [2.45, 2.75) is 0 Å². The number of nitrogens with zero attached hydrogens (tertiary/aromatic N) is 1. The van der Waals surface area contributed by atoms with E-state index in [1.54, 1.807) is 6.07 Å². The molecular formula is C9H6BrNO. The van der Waals surface area contributed by atoms with Crippen LogP contribution in [-0.4, -0.2) is 10.1 Å². The number of hydrogen-bond acceptors (Lipinski definition) is 2. The quantitative estimate of drug-likeness (QED) is 0.698. The fourth-order valence-corrected chi connectivity index (χ4v) is 1.69. The van der Waals surface area contributed by atoms with Gasteiger partial charge in [0.05, 0.1) is 0 Å². The van der Waals surface area contributed by atoms with Crippen LogP contribution in [0.25, 0.3) is 10.8 Å². The molecule has 0 amide bonds. The van der Waals surface area contributed by atoms with E-state index >= 15 is 0 Å². The third-order valence-electron chi connectivity index (χ3n) is 1.68. The molecule has 3 heteroatoms. The van der Waals surface area contributed by atoms with Gasteiger partial charge < -0.3 is 5.11 Å². The highest BCUT2D eigenvalue weighted by molar-refractivity contribution is 9.10. The van der Waals surface area contributed by atoms with Gasteiger partial charge in [-0.15, -0.1) is 0 Å². The third-order valence-corrected chi connectivity index (χ3v) is 2.28. The number of benzene rings is 1. The number of fused-ring (bicyclic) bond motifs is 1. The van der Waals surface area contributed by atoms with Gasteiger partial charge in [0.15, 0.2) is 0 Å². The lowest BCUT2D eigenvalue weighted by Gasteiger charge is -1.99. The lowest BCUT2D eigenvalue weighted by molar-refractivity contribution is 0.453. The molecule has 0 fully saturated rings. The molecule has 12 heavy (non-hydrogen) atoms. The van der Waals surface area contributed by atoms with Crippen molar-refractivity contribution in [3.05, 3.63) is 34.9 Å². The predicted octanol–water partition coefficient (Wildman–Crippen LogP) is 2.70. The molecule has 0 saturated heterocycles. The number of aromatic nitrogens is 1. The van der Waals surface area contributed by atoms with Gasteiger partial charge in [-0.3, -0.25) is 0 Å². The maximum atomic E-state index is 9.17. The molecule has 60 valence electrons. The van der Waals surface area contributed by atoms with Gasteiger partial charge in [0, 0.05) is 11.5 Å². The number of rotatable bonds is 0. The molecule has 1 N–H and O–H groups in total. The number of halogens is 1. The van der Waals surface area contributed by atoms with Crippen molar-refractivity contribution in [2.75, 3.05) is 0 Å². The van der Waals surface area contributed by atoms with Gasteiger partial charge in [-0.2, -0.15) is 0 Å². The normalized spacial score (nSPS) is 10.4. The molecule has 0 spiro atoms. The second-order valence-corrected chi connectivity index (χ2v) is 3.24. The Morgan fingerprint density at radius 2 is 2.00 bits per heavy atom. The molecule has 2 rings (SSSR count). The van der Waals surface area contributed by atoms with Gasteiger partial charge in [0.1, 0.15) is 4.60 Å². The van der Waals surface area contributed by atoms with Crippen molar-refractivity contribution in [3.8, 4) is 5.88 Å². The number of hydrogen-bond donors (Lipinski definition) is 1. The Morgan fingerprint density at radius 1 is 1.25 bits per heavy atom. The van der Waals surface area contributed by atoms with Gasteiger partial charge in [-0.25, -0.2) is 4.98 Å². The summed E-state index contributed by atoms with van der Waals surface area (Å²) in [6.07, 6.45) is 0. The summed E-state index contributed by atoms with van der Waals surface area (Å²) < 4.78 is 0.679. The first-order chi connectivity index (χ1) is 5.77. The molecule has 0 unspecified atom stereocenters. The number of pyridine rings is 1. The Labute approximate surface area is 78.0 Å². The molecule has 0 bridgehead atoms. The molecule has 1 heterocycles. The van der Waals surface area contributed by atoms with E-state index in [-0.39, 0.29) is 5.88 Å². The van der Waals surface area contributed by atoms with E-state index in [1.807, 2.05) is 24.3 Å². The summed E-state index contributed by atoms with van der Waals surface area (Å²) in [7, 11) is 0. The molecule has 0 atom stereocenters. The molecule has 2 aromatic rings. The van der Waals surface area contributed by atoms with E-state index < -0.39 is 0 Å². The van der Waals surface area contributed by atoms with Crippen LogP contribution in [0.3, 0.4) is 0 Å². The van der Waals surface area contributed by atoms with Crippen molar-refractivity contribution in [1.29, 1.82) is 0 Å². The SMILES string of the molecule is Oc1cc2ccccc2c(Br)n1. The Hall–Kier alpha value is -1.09. The molecule has 0 saturated carbocycles. The largest absolute Gasteiger partial charge is 0.493 e. The van der Waals surface area contributed by atoms with E-state index in [4.69, 9.17) is 5.11 Å². The Kier molecular flexibility index (Phi) is 1.73. The molecule has 1 aromatic carbocycles. The second-order valence-electron chi connectivity index (χ2n) is 2.49.